The van der Waals surface area contributed by atoms with Crippen LogP contribution < -0.4 is 0 Å². The molecule has 6 heteroatoms. The summed E-state index contributed by atoms with van der Waals surface area (Å²) in [7, 11) is 0. The van der Waals surface area contributed by atoms with Crippen molar-refractivity contribution in [1.29, 1.82) is 0 Å². The van der Waals surface area contributed by atoms with E-state index in [0.29, 0.717) is 25.0 Å². The summed E-state index contributed by atoms with van der Waals surface area (Å²) in [6, 6.07) is 0. The molecule has 1 aliphatic carbocycles. The number of ketones is 1. The van der Waals surface area contributed by atoms with Gasteiger partial charge < -0.3 is 14.9 Å². The number of rotatable bonds is 17. The SMILES string of the molecule is CC(C)(C)OC(=O)CCCCCCCCC(O)C=CC1CCC(=O)C1CCCCCC(=O)O. The number of aliphatic hydroxyl groups is 1. The molecule has 0 saturated heterocycles. The highest BCUT2D eigenvalue weighted by molar-refractivity contribution is 5.83. The van der Waals surface area contributed by atoms with Gasteiger partial charge in [0.05, 0.1) is 6.10 Å². The zero-order chi connectivity index (χ0) is 24.7. The fraction of sp³-hybridized carbons (Fsp3) is 0.815. The Morgan fingerprint density at radius 2 is 1.61 bits per heavy atom. The van der Waals surface area contributed by atoms with Gasteiger partial charge in [0.1, 0.15) is 11.4 Å². The first-order valence-electron chi connectivity index (χ1n) is 12.9. The Balaban J connectivity index is 2.12. The number of allylic oxidation sites excluding steroid dienone is 1. The van der Waals surface area contributed by atoms with Crippen LogP contribution in [-0.2, 0) is 19.1 Å². The lowest BCUT2D eigenvalue weighted by Gasteiger charge is -2.19. The molecule has 3 unspecified atom stereocenters. The number of hydrogen-bond acceptors (Lipinski definition) is 5. The van der Waals surface area contributed by atoms with E-state index in [4.69, 9.17) is 9.84 Å². The lowest BCUT2D eigenvalue weighted by atomic mass is 9.89. The Morgan fingerprint density at radius 1 is 1.00 bits per heavy atom. The largest absolute Gasteiger partial charge is 0.481 e. The minimum Gasteiger partial charge on any atom is -0.481 e. The number of esters is 1. The molecule has 1 aliphatic rings. The highest BCUT2D eigenvalue weighted by Crippen LogP contribution is 2.34. The molecule has 0 radical (unpaired) electrons. The number of carbonyl (C=O) groups excluding carboxylic acids is 2. The predicted octanol–water partition coefficient (Wildman–Crippen LogP) is 6.00. The second-order valence-corrected chi connectivity index (χ2v) is 10.5. The van der Waals surface area contributed by atoms with Crippen molar-refractivity contribution < 1.29 is 29.3 Å². The van der Waals surface area contributed by atoms with E-state index in [9.17, 15) is 19.5 Å². The first-order valence-corrected chi connectivity index (χ1v) is 12.9. The number of ether oxygens (including phenoxy) is 1. The van der Waals surface area contributed by atoms with Crippen molar-refractivity contribution in [3.05, 3.63) is 12.2 Å². The average Bonchev–Trinajstić information content (AvgIpc) is 3.06. The Hall–Kier alpha value is -1.69. The van der Waals surface area contributed by atoms with Crippen LogP contribution in [0.25, 0.3) is 0 Å². The first kappa shape index (κ1) is 29.3. The third kappa shape index (κ3) is 14.9. The van der Waals surface area contributed by atoms with E-state index >= 15 is 0 Å². The van der Waals surface area contributed by atoms with Gasteiger partial charge in [0.15, 0.2) is 0 Å². The molecular formula is C27H46O6. The number of unbranched alkanes of at least 4 members (excludes halogenated alkanes) is 7. The molecule has 0 aliphatic heterocycles. The van der Waals surface area contributed by atoms with Crippen LogP contribution in [0.4, 0.5) is 0 Å². The molecule has 1 rings (SSSR count). The smallest absolute Gasteiger partial charge is 0.306 e. The summed E-state index contributed by atoms with van der Waals surface area (Å²) >= 11 is 0. The molecule has 33 heavy (non-hydrogen) atoms. The number of Topliss-reactive ketones (excluding diaryl/α,β-unsaturated/α-hetero) is 1. The molecule has 190 valence electrons. The molecule has 0 aromatic heterocycles. The highest BCUT2D eigenvalue weighted by atomic mass is 16.6. The number of aliphatic hydroxyl groups excluding tert-OH is 1. The van der Waals surface area contributed by atoms with Crippen LogP contribution in [0.2, 0.25) is 0 Å². The summed E-state index contributed by atoms with van der Waals surface area (Å²) in [5.41, 5.74) is -0.413. The van der Waals surface area contributed by atoms with Gasteiger partial charge in [0.2, 0.25) is 0 Å². The standard InChI is InChI=1S/C27H46O6/c1-27(2,3)33-26(32)16-12-7-5-4-6-9-13-22(28)19-17-21-18-20-24(29)23(21)14-10-8-11-15-25(30)31/h17,19,21-23,28H,4-16,18,20H2,1-3H3,(H,30,31). The van der Waals surface area contributed by atoms with Crippen molar-refractivity contribution in [2.75, 3.05) is 0 Å². The molecule has 1 saturated carbocycles. The van der Waals surface area contributed by atoms with E-state index < -0.39 is 17.7 Å². The van der Waals surface area contributed by atoms with Crippen molar-refractivity contribution in [2.24, 2.45) is 11.8 Å². The Labute approximate surface area is 200 Å². The third-order valence-electron chi connectivity index (χ3n) is 6.19. The number of hydrogen-bond donors (Lipinski definition) is 2. The molecule has 0 aromatic carbocycles. The summed E-state index contributed by atoms with van der Waals surface area (Å²) in [5.74, 6) is -0.346. The normalized spacial score (nSPS) is 19.8. The number of carbonyl (C=O) groups is 3. The van der Waals surface area contributed by atoms with Crippen molar-refractivity contribution in [2.45, 2.75) is 129 Å². The summed E-state index contributed by atoms with van der Waals surface area (Å²) in [4.78, 5) is 34.5. The maximum atomic E-state index is 12.2. The third-order valence-corrected chi connectivity index (χ3v) is 6.19. The van der Waals surface area contributed by atoms with Gasteiger partial charge in [-0.25, -0.2) is 0 Å². The number of aliphatic carboxylic acids is 1. The lowest BCUT2D eigenvalue weighted by molar-refractivity contribution is -0.155. The van der Waals surface area contributed by atoms with E-state index in [-0.39, 0.29) is 24.2 Å². The van der Waals surface area contributed by atoms with E-state index in [1.807, 2.05) is 32.9 Å². The van der Waals surface area contributed by atoms with Crippen LogP contribution in [0.3, 0.4) is 0 Å². The van der Waals surface area contributed by atoms with Crippen molar-refractivity contribution >= 4 is 17.7 Å². The molecular weight excluding hydrogens is 420 g/mol. The average molecular weight is 467 g/mol. The Morgan fingerprint density at radius 3 is 2.27 bits per heavy atom. The Bertz CT molecular complexity index is 619. The van der Waals surface area contributed by atoms with Crippen molar-refractivity contribution in [1.82, 2.24) is 0 Å². The van der Waals surface area contributed by atoms with Crippen LogP contribution in [0.15, 0.2) is 12.2 Å². The van der Waals surface area contributed by atoms with Crippen molar-refractivity contribution in [3.8, 4) is 0 Å². The van der Waals surface area contributed by atoms with Gasteiger partial charge in [0.25, 0.3) is 0 Å². The molecule has 0 spiro atoms. The predicted molar refractivity (Wildman–Crippen MR) is 130 cm³/mol. The summed E-state index contributed by atoms with van der Waals surface area (Å²) in [5, 5.41) is 19.0. The fourth-order valence-corrected chi connectivity index (χ4v) is 4.45. The second-order valence-electron chi connectivity index (χ2n) is 10.5. The maximum Gasteiger partial charge on any atom is 0.306 e. The first-order chi connectivity index (χ1) is 15.6. The molecule has 0 amide bonds. The van der Waals surface area contributed by atoms with Gasteiger partial charge in [0, 0.05) is 25.2 Å². The van der Waals surface area contributed by atoms with Gasteiger partial charge in [-0.2, -0.15) is 0 Å². The number of carboxylic acids is 1. The van der Waals surface area contributed by atoms with E-state index in [0.717, 1.165) is 70.6 Å². The van der Waals surface area contributed by atoms with Gasteiger partial charge in [-0.15, -0.1) is 0 Å². The van der Waals surface area contributed by atoms with Gasteiger partial charge in [-0.1, -0.05) is 57.1 Å². The van der Waals surface area contributed by atoms with Crippen LogP contribution in [0, 0.1) is 11.8 Å². The minimum atomic E-state index is -0.764. The fourth-order valence-electron chi connectivity index (χ4n) is 4.45. The van der Waals surface area contributed by atoms with Crippen LogP contribution in [0.5, 0.6) is 0 Å². The van der Waals surface area contributed by atoms with Crippen LogP contribution in [0.1, 0.15) is 117 Å². The molecule has 0 bridgehead atoms. The zero-order valence-electron chi connectivity index (χ0n) is 21.0. The number of carboxylic acid groups (broad SMARTS) is 1. The highest BCUT2D eigenvalue weighted by Gasteiger charge is 2.32. The minimum absolute atomic E-state index is 0.0268. The topological polar surface area (TPSA) is 101 Å². The van der Waals surface area contributed by atoms with Gasteiger partial charge >= 0.3 is 11.9 Å². The summed E-state index contributed by atoms with van der Waals surface area (Å²) < 4.78 is 5.31. The van der Waals surface area contributed by atoms with Crippen LogP contribution in [-0.4, -0.2) is 39.6 Å². The van der Waals surface area contributed by atoms with Gasteiger partial charge in [-0.05, 0) is 58.8 Å². The van der Waals surface area contributed by atoms with Gasteiger partial charge in [-0.3, -0.25) is 14.4 Å². The molecule has 1 fully saturated rings. The van der Waals surface area contributed by atoms with E-state index in [2.05, 4.69) is 0 Å². The molecule has 0 aromatic rings. The molecule has 6 nitrogen and oxygen atoms in total. The van der Waals surface area contributed by atoms with Crippen molar-refractivity contribution in [3.63, 3.8) is 0 Å². The lowest BCUT2D eigenvalue weighted by Crippen LogP contribution is -2.23. The second kappa shape index (κ2) is 16.0. The summed E-state index contributed by atoms with van der Waals surface area (Å²) in [6.45, 7) is 5.65. The monoisotopic (exact) mass is 466 g/mol. The summed E-state index contributed by atoms with van der Waals surface area (Å²) in [6.07, 6.45) is 15.6. The molecule has 3 atom stereocenters. The molecule has 0 heterocycles. The maximum absolute atomic E-state index is 12.2. The van der Waals surface area contributed by atoms with E-state index in [1.54, 1.807) is 0 Å². The van der Waals surface area contributed by atoms with E-state index in [1.165, 1.54) is 0 Å². The zero-order valence-corrected chi connectivity index (χ0v) is 21.0. The molecule has 2 N–H and O–H groups in total. The Kier molecular flexibility index (Phi) is 14.2. The van der Waals surface area contributed by atoms with Crippen LogP contribution >= 0.6 is 0 Å². The quantitative estimate of drug-likeness (QED) is 0.155.